The molecule has 6 heteroatoms. The van der Waals surface area contributed by atoms with Crippen LogP contribution in [-0.2, 0) is 4.79 Å². The SMILES string of the molecule is COc1cc(/C=C(\C#N)C(=O)N[C@@H](C)c2ccccc2)cc(OC)c1OC. The van der Waals surface area contributed by atoms with Gasteiger partial charge < -0.3 is 19.5 Å². The molecule has 0 aromatic heterocycles. The van der Waals surface area contributed by atoms with E-state index in [2.05, 4.69) is 5.32 Å². The molecule has 1 atom stereocenters. The number of carbonyl (C=O) groups excluding carboxylic acids is 1. The lowest BCUT2D eigenvalue weighted by Gasteiger charge is -2.14. The first-order valence-electron chi connectivity index (χ1n) is 8.31. The van der Waals surface area contributed by atoms with Gasteiger partial charge in [0.2, 0.25) is 5.75 Å². The van der Waals surface area contributed by atoms with Crippen LogP contribution in [0.25, 0.3) is 6.08 Å². The summed E-state index contributed by atoms with van der Waals surface area (Å²) in [6.45, 7) is 1.86. The highest BCUT2D eigenvalue weighted by atomic mass is 16.5. The van der Waals surface area contributed by atoms with Crippen LogP contribution < -0.4 is 19.5 Å². The van der Waals surface area contributed by atoms with Gasteiger partial charge in [0.25, 0.3) is 5.91 Å². The molecule has 27 heavy (non-hydrogen) atoms. The van der Waals surface area contributed by atoms with E-state index in [-0.39, 0.29) is 11.6 Å². The third-order valence-electron chi connectivity index (χ3n) is 4.01. The molecular weight excluding hydrogens is 344 g/mol. The minimum absolute atomic E-state index is 0.0212. The molecule has 0 aliphatic heterocycles. The number of hydrogen-bond donors (Lipinski definition) is 1. The van der Waals surface area contributed by atoms with Gasteiger partial charge in [0.05, 0.1) is 27.4 Å². The highest BCUT2D eigenvalue weighted by Gasteiger charge is 2.16. The monoisotopic (exact) mass is 366 g/mol. The number of methoxy groups -OCH3 is 3. The number of nitrogens with zero attached hydrogens (tertiary/aromatic N) is 1. The van der Waals surface area contributed by atoms with Crippen molar-refractivity contribution in [3.63, 3.8) is 0 Å². The molecule has 0 spiro atoms. The fraction of sp³-hybridized carbons (Fsp3) is 0.238. The summed E-state index contributed by atoms with van der Waals surface area (Å²) in [5, 5.41) is 12.3. The molecule has 0 bridgehead atoms. The molecule has 0 aliphatic carbocycles. The van der Waals surface area contributed by atoms with Crippen molar-refractivity contribution in [2.45, 2.75) is 13.0 Å². The van der Waals surface area contributed by atoms with E-state index in [0.717, 1.165) is 5.56 Å². The average Bonchev–Trinajstić information content (AvgIpc) is 2.71. The summed E-state index contributed by atoms with van der Waals surface area (Å²) in [7, 11) is 4.52. The van der Waals surface area contributed by atoms with Gasteiger partial charge in [0.15, 0.2) is 11.5 Å². The third-order valence-corrected chi connectivity index (χ3v) is 4.01. The largest absolute Gasteiger partial charge is 0.493 e. The van der Waals surface area contributed by atoms with Crippen LogP contribution in [0.2, 0.25) is 0 Å². The lowest BCUT2D eigenvalue weighted by atomic mass is 10.1. The van der Waals surface area contributed by atoms with Crippen LogP contribution in [-0.4, -0.2) is 27.2 Å². The Balaban J connectivity index is 2.30. The predicted octanol–water partition coefficient (Wildman–Crippen LogP) is 3.50. The zero-order valence-electron chi connectivity index (χ0n) is 15.8. The van der Waals surface area contributed by atoms with Gasteiger partial charge in [0, 0.05) is 0 Å². The van der Waals surface area contributed by atoms with Crippen molar-refractivity contribution in [1.29, 1.82) is 5.26 Å². The second-order valence-corrected chi connectivity index (χ2v) is 5.73. The Hall–Kier alpha value is -3.46. The molecule has 0 fully saturated rings. The quantitative estimate of drug-likeness (QED) is 0.599. The highest BCUT2D eigenvalue weighted by molar-refractivity contribution is 6.02. The van der Waals surface area contributed by atoms with Gasteiger partial charge in [-0.3, -0.25) is 4.79 Å². The van der Waals surface area contributed by atoms with E-state index in [9.17, 15) is 10.1 Å². The first-order valence-corrected chi connectivity index (χ1v) is 8.31. The van der Waals surface area contributed by atoms with Crippen molar-refractivity contribution in [2.75, 3.05) is 21.3 Å². The van der Waals surface area contributed by atoms with Gasteiger partial charge in [-0.05, 0) is 36.3 Å². The van der Waals surface area contributed by atoms with Crippen LogP contribution in [0.5, 0.6) is 17.2 Å². The Bertz CT molecular complexity index is 844. The van der Waals surface area contributed by atoms with Crippen molar-refractivity contribution in [3.8, 4) is 23.3 Å². The van der Waals surface area contributed by atoms with Crippen LogP contribution >= 0.6 is 0 Å². The summed E-state index contributed by atoms with van der Waals surface area (Å²) >= 11 is 0. The molecule has 1 amide bonds. The number of carbonyl (C=O) groups is 1. The Morgan fingerprint density at radius 3 is 2.15 bits per heavy atom. The van der Waals surface area contributed by atoms with Crippen LogP contribution in [0.3, 0.4) is 0 Å². The van der Waals surface area contributed by atoms with Crippen molar-refractivity contribution < 1.29 is 19.0 Å². The molecule has 0 saturated carbocycles. The van der Waals surface area contributed by atoms with Crippen molar-refractivity contribution in [1.82, 2.24) is 5.32 Å². The second-order valence-electron chi connectivity index (χ2n) is 5.73. The van der Waals surface area contributed by atoms with Gasteiger partial charge in [-0.2, -0.15) is 5.26 Å². The lowest BCUT2D eigenvalue weighted by molar-refractivity contribution is -0.117. The number of nitriles is 1. The fourth-order valence-corrected chi connectivity index (χ4v) is 2.60. The number of nitrogens with one attached hydrogen (secondary N) is 1. The molecule has 2 rings (SSSR count). The smallest absolute Gasteiger partial charge is 0.262 e. The van der Waals surface area contributed by atoms with Crippen LogP contribution in [0.1, 0.15) is 24.1 Å². The van der Waals surface area contributed by atoms with Crippen molar-refractivity contribution in [2.24, 2.45) is 0 Å². The Labute approximate surface area is 159 Å². The molecule has 2 aromatic rings. The van der Waals surface area contributed by atoms with E-state index in [1.807, 2.05) is 43.3 Å². The van der Waals surface area contributed by atoms with E-state index < -0.39 is 5.91 Å². The molecule has 1 N–H and O–H groups in total. The minimum Gasteiger partial charge on any atom is -0.493 e. The van der Waals surface area contributed by atoms with Gasteiger partial charge in [-0.25, -0.2) is 0 Å². The zero-order chi connectivity index (χ0) is 19.8. The van der Waals surface area contributed by atoms with Crippen LogP contribution in [0.15, 0.2) is 48.0 Å². The first kappa shape index (κ1) is 19.9. The van der Waals surface area contributed by atoms with E-state index in [0.29, 0.717) is 22.8 Å². The Morgan fingerprint density at radius 2 is 1.67 bits per heavy atom. The van der Waals surface area contributed by atoms with Crippen LogP contribution in [0.4, 0.5) is 0 Å². The molecule has 0 saturated heterocycles. The lowest BCUT2D eigenvalue weighted by Crippen LogP contribution is -2.27. The molecule has 140 valence electrons. The van der Waals surface area contributed by atoms with E-state index >= 15 is 0 Å². The molecule has 6 nitrogen and oxygen atoms in total. The molecule has 2 aromatic carbocycles. The van der Waals surface area contributed by atoms with Gasteiger partial charge in [-0.1, -0.05) is 30.3 Å². The fourth-order valence-electron chi connectivity index (χ4n) is 2.60. The van der Waals surface area contributed by atoms with Gasteiger partial charge >= 0.3 is 0 Å². The standard InChI is InChI=1S/C21H22N2O4/c1-14(16-8-6-5-7-9-16)23-21(24)17(13-22)10-15-11-18(25-2)20(27-4)19(12-15)26-3/h5-12,14H,1-4H3,(H,23,24)/b17-10+/t14-/m0/s1. The highest BCUT2D eigenvalue weighted by Crippen LogP contribution is 2.38. The van der Waals surface area contributed by atoms with E-state index in [4.69, 9.17) is 14.2 Å². The van der Waals surface area contributed by atoms with E-state index in [1.165, 1.54) is 27.4 Å². The maximum Gasteiger partial charge on any atom is 0.262 e. The number of benzene rings is 2. The minimum atomic E-state index is -0.456. The summed E-state index contributed by atoms with van der Waals surface area (Å²) in [5.74, 6) is 0.873. The summed E-state index contributed by atoms with van der Waals surface area (Å²) in [4.78, 5) is 12.5. The number of ether oxygens (including phenoxy) is 3. The van der Waals surface area contributed by atoms with Crippen LogP contribution in [0, 0.1) is 11.3 Å². The molecule has 0 radical (unpaired) electrons. The zero-order valence-corrected chi connectivity index (χ0v) is 15.8. The summed E-state index contributed by atoms with van der Waals surface area (Å²) < 4.78 is 15.9. The Morgan fingerprint density at radius 1 is 1.07 bits per heavy atom. The topological polar surface area (TPSA) is 80.6 Å². The maximum absolute atomic E-state index is 12.5. The van der Waals surface area contributed by atoms with Crippen molar-refractivity contribution in [3.05, 3.63) is 59.2 Å². The summed E-state index contributed by atoms with van der Waals surface area (Å²) in [6, 6.07) is 14.6. The normalized spacial score (nSPS) is 11.9. The third kappa shape index (κ3) is 4.79. The molecular formula is C21H22N2O4. The predicted molar refractivity (Wildman–Crippen MR) is 103 cm³/mol. The molecule has 0 unspecified atom stereocenters. The number of amides is 1. The summed E-state index contributed by atoms with van der Waals surface area (Å²) in [6.07, 6.45) is 1.48. The average molecular weight is 366 g/mol. The van der Waals surface area contributed by atoms with E-state index in [1.54, 1.807) is 12.1 Å². The second kappa shape index (κ2) is 9.30. The molecule has 0 aliphatic rings. The van der Waals surface area contributed by atoms with Crippen molar-refractivity contribution >= 4 is 12.0 Å². The molecule has 0 heterocycles. The van der Waals surface area contributed by atoms with Gasteiger partial charge in [0.1, 0.15) is 11.6 Å². The Kier molecular flexibility index (Phi) is 6.84. The summed E-state index contributed by atoms with van der Waals surface area (Å²) in [5.41, 5.74) is 1.52. The first-order chi connectivity index (χ1) is 13.0. The maximum atomic E-state index is 12.5. The number of rotatable bonds is 7. The van der Waals surface area contributed by atoms with Gasteiger partial charge in [-0.15, -0.1) is 0 Å². The number of hydrogen-bond acceptors (Lipinski definition) is 5.